The third-order valence-corrected chi connectivity index (χ3v) is 2.30. The minimum absolute atomic E-state index is 0.259. The van der Waals surface area contributed by atoms with Crippen molar-refractivity contribution in [3.05, 3.63) is 35.5 Å². The fourth-order valence-electron chi connectivity index (χ4n) is 1.64. The molecule has 0 amide bonds. The van der Waals surface area contributed by atoms with Crippen molar-refractivity contribution in [2.75, 3.05) is 18.5 Å². The monoisotopic (exact) mass is 220 g/mol. The molecule has 4 heteroatoms. The standard InChI is InChI=1S/C12H16N2O2/c1-5-6-14(4)11-10(12(15)16)8(2)7-9(3)13-11/h5,7H,1,6H2,2-4H3,(H,15,16). The second-order valence-electron chi connectivity index (χ2n) is 3.75. The van der Waals surface area contributed by atoms with Crippen molar-refractivity contribution in [2.45, 2.75) is 13.8 Å². The number of pyridine rings is 1. The first-order valence-electron chi connectivity index (χ1n) is 5.01. The molecule has 1 aromatic heterocycles. The zero-order valence-corrected chi connectivity index (χ0v) is 9.82. The maximum Gasteiger partial charge on any atom is 0.339 e. The van der Waals surface area contributed by atoms with E-state index in [4.69, 9.17) is 5.11 Å². The van der Waals surface area contributed by atoms with E-state index in [1.54, 1.807) is 31.0 Å². The van der Waals surface area contributed by atoms with Gasteiger partial charge < -0.3 is 10.0 Å². The summed E-state index contributed by atoms with van der Waals surface area (Å²) in [5, 5.41) is 9.16. The zero-order valence-electron chi connectivity index (χ0n) is 9.82. The second-order valence-corrected chi connectivity index (χ2v) is 3.75. The van der Waals surface area contributed by atoms with E-state index in [9.17, 15) is 4.79 Å². The number of aromatic nitrogens is 1. The Kier molecular flexibility index (Phi) is 3.66. The van der Waals surface area contributed by atoms with Crippen molar-refractivity contribution in [3.63, 3.8) is 0 Å². The van der Waals surface area contributed by atoms with Gasteiger partial charge in [0.05, 0.1) is 0 Å². The lowest BCUT2D eigenvalue weighted by molar-refractivity contribution is 0.0696. The van der Waals surface area contributed by atoms with Crippen molar-refractivity contribution in [1.82, 2.24) is 4.98 Å². The lowest BCUT2D eigenvalue weighted by Crippen LogP contribution is -2.22. The predicted octanol–water partition coefficient (Wildman–Crippen LogP) is 2.02. The summed E-state index contributed by atoms with van der Waals surface area (Å²) in [5.74, 6) is -0.458. The van der Waals surface area contributed by atoms with Gasteiger partial charge in [-0.2, -0.15) is 0 Å². The second kappa shape index (κ2) is 4.79. The van der Waals surface area contributed by atoms with E-state index in [1.807, 2.05) is 6.92 Å². The number of hydrogen-bond donors (Lipinski definition) is 1. The van der Waals surface area contributed by atoms with Gasteiger partial charge in [0.2, 0.25) is 0 Å². The molecule has 0 radical (unpaired) electrons. The molecule has 0 atom stereocenters. The van der Waals surface area contributed by atoms with Gasteiger partial charge in [-0.05, 0) is 25.5 Å². The van der Waals surface area contributed by atoms with Crippen LogP contribution in [0.2, 0.25) is 0 Å². The molecule has 0 spiro atoms. The van der Waals surface area contributed by atoms with E-state index in [2.05, 4.69) is 11.6 Å². The maximum absolute atomic E-state index is 11.2. The number of carboxylic acid groups (broad SMARTS) is 1. The van der Waals surface area contributed by atoms with E-state index in [1.165, 1.54) is 0 Å². The van der Waals surface area contributed by atoms with Gasteiger partial charge in [-0.1, -0.05) is 6.08 Å². The van der Waals surface area contributed by atoms with Crippen molar-refractivity contribution >= 4 is 11.8 Å². The van der Waals surface area contributed by atoms with Crippen LogP contribution in [-0.4, -0.2) is 29.7 Å². The van der Waals surface area contributed by atoms with E-state index in [0.29, 0.717) is 12.4 Å². The normalized spacial score (nSPS) is 9.94. The number of aromatic carboxylic acids is 1. The lowest BCUT2D eigenvalue weighted by Gasteiger charge is -2.19. The molecule has 0 fully saturated rings. The van der Waals surface area contributed by atoms with Crippen LogP contribution < -0.4 is 4.90 Å². The molecule has 0 aliphatic carbocycles. The third-order valence-electron chi connectivity index (χ3n) is 2.30. The summed E-state index contributed by atoms with van der Waals surface area (Å²) in [7, 11) is 1.80. The Balaban J connectivity index is 3.34. The van der Waals surface area contributed by atoms with Gasteiger partial charge in [-0.15, -0.1) is 6.58 Å². The topological polar surface area (TPSA) is 53.4 Å². The fourth-order valence-corrected chi connectivity index (χ4v) is 1.64. The van der Waals surface area contributed by atoms with Gasteiger partial charge in [0.25, 0.3) is 0 Å². The first-order chi connectivity index (χ1) is 7.47. The summed E-state index contributed by atoms with van der Waals surface area (Å²) in [5.41, 5.74) is 1.80. The average molecular weight is 220 g/mol. The Morgan fingerprint density at radius 2 is 2.25 bits per heavy atom. The summed E-state index contributed by atoms with van der Waals surface area (Å²) in [6, 6.07) is 1.77. The zero-order chi connectivity index (χ0) is 12.3. The predicted molar refractivity (Wildman–Crippen MR) is 64.1 cm³/mol. The van der Waals surface area contributed by atoms with Gasteiger partial charge in [0, 0.05) is 19.3 Å². The number of carbonyl (C=O) groups is 1. The molecule has 0 bridgehead atoms. The molecule has 0 aromatic carbocycles. The molecule has 4 nitrogen and oxygen atoms in total. The first-order valence-corrected chi connectivity index (χ1v) is 5.01. The molecule has 0 saturated heterocycles. The van der Waals surface area contributed by atoms with Gasteiger partial charge in [-0.25, -0.2) is 9.78 Å². The molecule has 0 aliphatic rings. The van der Waals surface area contributed by atoms with Crippen LogP contribution in [-0.2, 0) is 0 Å². The van der Waals surface area contributed by atoms with Crippen molar-refractivity contribution < 1.29 is 9.90 Å². The number of rotatable bonds is 4. The van der Waals surface area contributed by atoms with Crippen LogP contribution in [0.4, 0.5) is 5.82 Å². The number of carboxylic acids is 1. The molecule has 0 aliphatic heterocycles. The van der Waals surface area contributed by atoms with Crippen molar-refractivity contribution in [1.29, 1.82) is 0 Å². The summed E-state index contributed by atoms with van der Waals surface area (Å²) in [6.07, 6.45) is 1.71. The highest BCUT2D eigenvalue weighted by atomic mass is 16.4. The van der Waals surface area contributed by atoms with Gasteiger partial charge >= 0.3 is 5.97 Å². The number of likely N-dealkylation sites (N-methyl/N-ethyl adjacent to an activating group) is 1. The average Bonchev–Trinajstić information content (AvgIpc) is 2.15. The van der Waals surface area contributed by atoms with Crippen LogP contribution in [0.3, 0.4) is 0 Å². The van der Waals surface area contributed by atoms with Crippen LogP contribution in [0.25, 0.3) is 0 Å². The lowest BCUT2D eigenvalue weighted by atomic mass is 10.1. The van der Waals surface area contributed by atoms with E-state index >= 15 is 0 Å². The molecule has 0 unspecified atom stereocenters. The first kappa shape index (κ1) is 12.2. The van der Waals surface area contributed by atoms with E-state index in [0.717, 1.165) is 11.3 Å². The largest absolute Gasteiger partial charge is 0.478 e. The highest BCUT2D eigenvalue weighted by Crippen LogP contribution is 2.21. The summed E-state index contributed by atoms with van der Waals surface area (Å²) >= 11 is 0. The Labute approximate surface area is 95.2 Å². The van der Waals surface area contributed by atoms with Crippen LogP contribution in [0.5, 0.6) is 0 Å². The fraction of sp³-hybridized carbons (Fsp3) is 0.333. The molecular weight excluding hydrogens is 204 g/mol. The number of hydrogen-bond acceptors (Lipinski definition) is 3. The molecular formula is C12H16N2O2. The molecule has 1 N–H and O–H groups in total. The van der Waals surface area contributed by atoms with E-state index < -0.39 is 5.97 Å². The molecule has 16 heavy (non-hydrogen) atoms. The van der Waals surface area contributed by atoms with Crippen LogP contribution in [0, 0.1) is 13.8 Å². The van der Waals surface area contributed by atoms with Gasteiger partial charge in [0.15, 0.2) is 0 Å². The smallest absolute Gasteiger partial charge is 0.339 e. The number of anilines is 1. The van der Waals surface area contributed by atoms with Crippen LogP contribution >= 0.6 is 0 Å². The summed E-state index contributed by atoms with van der Waals surface area (Å²) in [4.78, 5) is 17.2. The Morgan fingerprint density at radius 3 is 2.75 bits per heavy atom. The number of aryl methyl sites for hydroxylation is 2. The van der Waals surface area contributed by atoms with Crippen molar-refractivity contribution in [3.8, 4) is 0 Å². The van der Waals surface area contributed by atoms with Crippen molar-refractivity contribution in [2.24, 2.45) is 0 Å². The molecule has 86 valence electrons. The SMILES string of the molecule is C=CCN(C)c1nc(C)cc(C)c1C(=O)O. The van der Waals surface area contributed by atoms with Crippen LogP contribution in [0.1, 0.15) is 21.6 Å². The molecule has 1 aromatic rings. The molecule has 0 saturated carbocycles. The van der Waals surface area contributed by atoms with Gasteiger partial charge in [0.1, 0.15) is 11.4 Å². The maximum atomic E-state index is 11.2. The number of nitrogens with zero attached hydrogens (tertiary/aromatic N) is 2. The Hall–Kier alpha value is -1.84. The molecule has 1 heterocycles. The van der Waals surface area contributed by atoms with Gasteiger partial charge in [-0.3, -0.25) is 0 Å². The summed E-state index contributed by atoms with van der Waals surface area (Å²) < 4.78 is 0. The molecule has 1 rings (SSSR count). The highest BCUT2D eigenvalue weighted by molar-refractivity contribution is 5.95. The minimum atomic E-state index is -0.948. The minimum Gasteiger partial charge on any atom is -0.478 e. The quantitative estimate of drug-likeness (QED) is 0.789. The summed E-state index contributed by atoms with van der Waals surface area (Å²) in [6.45, 7) is 7.83. The Bertz CT molecular complexity index is 427. The highest BCUT2D eigenvalue weighted by Gasteiger charge is 2.17. The van der Waals surface area contributed by atoms with Crippen LogP contribution in [0.15, 0.2) is 18.7 Å². The van der Waals surface area contributed by atoms with E-state index in [-0.39, 0.29) is 5.56 Å². The Morgan fingerprint density at radius 1 is 1.62 bits per heavy atom. The third kappa shape index (κ3) is 2.39.